The van der Waals surface area contributed by atoms with E-state index in [0.29, 0.717) is 22.3 Å². The molecule has 0 aliphatic heterocycles. The molecule has 0 aliphatic rings. The summed E-state index contributed by atoms with van der Waals surface area (Å²) >= 11 is 0. The number of nitrogens with zero attached hydrogens (tertiary/aromatic N) is 2. The number of para-hydroxylation sites is 1. The molecule has 3 rings (SSSR count). The molecular weight excluding hydrogens is 298 g/mol. The quantitative estimate of drug-likeness (QED) is 0.571. The fourth-order valence-electron chi connectivity index (χ4n) is 2.15. The van der Waals surface area contributed by atoms with Crippen LogP contribution in [-0.4, -0.2) is 20.0 Å². The van der Waals surface area contributed by atoms with Crippen LogP contribution in [0, 0.1) is 10.1 Å². The van der Waals surface area contributed by atoms with Crippen molar-refractivity contribution in [1.82, 2.24) is 9.97 Å². The first-order valence-electron chi connectivity index (χ1n) is 6.69. The number of aromatic amines is 1. The molecule has 1 aromatic heterocycles. The lowest BCUT2D eigenvalue weighted by Gasteiger charge is -1.99. The van der Waals surface area contributed by atoms with Crippen molar-refractivity contribution in [3.63, 3.8) is 0 Å². The van der Waals surface area contributed by atoms with Crippen molar-refractivity contribution in [1.29, 1.82) is 0 Å². The van der Waals surface area contributed by atoms with Gasteiger partial charge in [0.25, 0.3) is 5.56 Å². The van der Waals surface area contributed by atoms with E-state index < -0.39 is 10.7 Å². The van der Waals surface area contributed by atoms with Gasteiger partial charge in [0.2, 0.25) is 0 Å². The summed E-state index contributed by atoms with van der Waals surface area (Å²) in [5.41, 5.74) is 0.428. The van der Waals surface area contributed by atoms with Crippen molar-refractivity contribution in [2.45, 2.75) is 0 Å². The van der Waals surface area contributed by atoms with Crippen LogP contribution in [0.15, 0.2) is 47.3 Å². The normalized spacial score (nSPS) is 11.1. The van der Waals surface area contributed by atoms with Crippen LogP contribution in [0.1, 0.15) is 11.4 Å². The number of phenolic OH excluding ortho intramolecular Hbond substituents is 1. The Labute approximate surface area is 129 Å². The molecule has 23 heavy (non-hydrogen) atoms. The van der Waals surface area contributed by atoms with Crippen LogP contribution >= 0.6 is 0 Å². The summed E-state index contributed by atoms with van der Waals surface area (Å²) in [4.78, 5) is 29.0. The van der Waals surface area contributed by atoms with Gasteiger partial charge in [0.1, 0.15) is 5.82 Å². The average molecular weight is 309 g/mol. The molecule has 0 radical (unpaired) electrons. The molecule has 0 unspecified atom stereocenters. The molecule has 0 spiro atoms. The largest absolute Gasteiger partial charge is 0.502 e. The molecule has 0 amide bonds. The number of rotatable bonds is 3. The minimum Gasteiger partial charge on any atom is -0.502 e. The summed E-state index contributed by atoms with van der Waals surface area (Å²) in [6.07, 6.45) is 3.11. The second-order valence-corrected chi connectivity index (χ2v) is 4.81. The van der Waals surface area contributed by atoms with Gasteiger partial charge in [-0.3, -0.25) is 14.9 Å². The lowest BCUT2D eigenvalue weighted by Crippen LogP contribution is -2.09. The summed E-state index contributed by atoms with van der Waals surface area (Å²) in [5.74, 6) is -0.0613. The number of fused-ring (bicyclic) bond motifs is 1. The molecule has 0 saturated heterocycles. The monoisotopic (exact) mass is 309 g/mol. The zero-order chi connectivity index (χ0) is 16.4. The maximum atomic E-state index is 11.9. The maximum absolute atomic E-state index is 11.9. The van der Waals surface area contributed by atoms with E-state index in [2.05, 4.69) is 9.97 Å². The van der Waals surface area contributed by atoms with Crippen molar-refractivity contribution >= 4 is 28.7 Å². The smallest absolute Gasteiger partial charge is 0.311 e. The number of nitrogens with one attached hydrogen (secondary N) is 1. The van der Waals surface area contributed by atoms with Crippen molar-refractivity contribution < 1.29 is 10.0 Å². The number of hydrogen-bond donors (Lipinski definition) is 2. The molecule has 0 atom stereocenters. The lowest BCUT2D eigenvalue weighted by molar-refractivity contribution is -0.385. The highest BCUT2D eigenvalue weighted by Crippen LogP contribution is 2.26. The van der Waals surface area contributed by atoms with Crippen LogP contribution in [0.25, 0.3) is 23.1 Å². The third-order valence-electron chi connectivity index (χ3n) is 3.26. The average Bonchev–Trinajstić information content (AvgIpc) is 2.54. The Hall–Kier alpha value is -3.48. The third-order valence-corrected chi connectivity index (χ3v) is 3.26. The summed E-state index contributed by atoms with van der Waals surface area (Å²) in [6.45, 7) is 0. The highest BCUT2D eigenvalue weighted by atomic mass is 16.6. The van der Waals surface area contributed by atoms with Crippen molar-refractivity contribution in [3.8, 4) is 5.75 Å². The number of nitro benzene ring substituents is 1. The van der Waals surface area contributed by atoms with Gasteiger partial charge in [0.05, 0.1) is 15.8 Å². The molecule has 1 heterocycles. The van der Waals surface area contributed by atoms with Gasteiger partial charge in [-0.2, -0.15) is 0 Å². The Morgan fingerprint density at radius 1 is 1.17 bits per heavy atom. The Morgan fingerprint density at radius 3 is 2.74 bits per heavy atom. The number of H-pyrrole nitrogens is 1. The number of phenols is 1. The molecule has 0 saturated carbocycles. The van der Waals surface area contributed by atoms with E-state index in [4.69, 9.17) is 0 Å². The van der Waals surface area contributed by atoms with Crippen LogP contribution in [0.5, 0.6) is 5.75 Å². The first-order chi connectivity index (χ1) is 11.0. The van der Waals surface area contributed by atoms with Gasteiger partial charge in [0.15, 0.2) is 5.75 Å². The predicted octanol–water partition coefficient (Wildman–Crippen LogP) is 2.71. The lowest BCUT2D eigenvalue weighted by atomic mass is 10.1. The van der Waals surface area contributed by atoms with Gasteiger partial charge in [0, 0.05) is 6.07 Å². The van der Waals surface area contributed by atoms with Gasteiger partial charge in [-0.25, -0.2) is 4.98 Å². The Balaban J connectivity index is 1.99. The summed E-state index contributed by atoms with van der Waals surface area (Å²) < 4.78 is 0. The molecular formula is C16H11N3O4. The predicted molar refractivity (Wildman–Crippen MR) is 86.1 cm³/mol. The van der Waals surface area contributed by atoms with Crippen molar-refractivity contribution in [2.24, 2.45) is 0 Å². The van der Waals surface area contributed by atoms with E-state index in [1.165, 1.54) is 18.2 Å². The number of hydrogen-bond acceptors (Lipinski definition) is 5. The van der Waals surface area contributed by atoms with Gasteiger partial charge in [-0.05, 0) is 29.8 Å². The van der Waals surface area contributed by atoms with Crippen molar-refractivity contribution in [2.75, 3.05) is 0 Å². The standard InChI is InChI=1S/C16H11N3O4/c20-14-7-5-10(9-13(14)19(22)23)6-8-15-17-12-4-2-1-3-11(12)16(21)18-15/h1-9,20H,(H,17,18,21)/b8-6+. The Bertz CT molecular complexity index is 992. The summed E-state index contributed by atoms with van der Waals surface area (Å²) in [6, 6.07) is 11.0. The molecule has 114 valence electrons. The second-order valence-electron chi connectivity index (χ2n) is 4.81. The Morgan fingerprint density at radius 2 is 1.96 bits per heavy atom. The van der Waals surface area contributed by atoms with E-state index in [1.54, 1.807) is 36.4 Å². The van der Waals surface area contributed by atoms with Gasteiger partial charge >= 0.3 is 5.69 Å². The summed E-state index contributed by atoms with van der Waals surface area (Å²) in [7, 11) is 0. The fourth-order valence-corrected chi connectivity index (χ4v) is 2.15. The van der Waals surface area contributed by atoms with Crippen LogP contribution in [0.2, 0.25) is 0 Å². The first-order valence-corrected chi connectivity index (χ1v) is 6.69. The molecule has 0 fully saturated rings. The number of benzene rings is 2. The van der Waals surface area contributed by atoms with Crippen molar-refractivity contribution in [3.05, 3.63) is 74.3 Å². The van der Waals surface area contributed by atoms with E-state index in [9.17, 15) is 20.0 Å². The van der Waals surface area contributed by atoms with Crippen LogP contribution in [-0.2, 0) is 0 Å². The van der Waals surface area contributed by atoms with Crippen LogP contribution < -0.4 is 5.56 Å². The number of nitro groups is 1. The van der Waals surface area contributed by atoms with Gasteiger partial charge < -0.3 is 10.1 Å². The molecule has 2 aromatic carbocycles. The fraction of sp³-hybridized carbons (Fsp3) is 0. The minimum atomic E-state index is -0.664. The molecule has 7 nitrogen and oxygen atoms in total. The highest BCUT2D eigenvalue weighted by molar-refractivity contribution is 5.79. The SMILES string of the molecule is O=c1[nH]c(/C=C/c2ccc(O)c([N+](=O)[O-])c2)nc2ccccc12. The molecule has 0 aliphatic carbocycles. The zero-order valence-electron chi connectivity index (χ0n) is 11.8. The van der Waals surface area contributed by atoms with Gasteiger partial charge in [-0.15, -0.1) is 0 Å². The first kappa shape index (κ1) is 14.5. The molecule has 2 N–H and O–H groups in total. The zero-order valence-corrected chi connectivity index (χ0v) is 11.8. The maximum Gasteiger partial charge on any atom is 0.311 e. The third kappa shape index (κ3) is 2.93. The highest BCUT2D eigenvalue weighted by Gasteiger charge is 2.12. The molecule has 7 heteroatoms. The minimum absolute atomic E-state index is 0.257. The van der Waals surface area contributed by atoms with Crippen LogP contribution in [0.3, 0.4) is 0 Å². The topological polar surface area (TPSA) is 109 Å². The van der Waals surface area contributed by atoms with Crippen LogP contribution in [0.4, 0.5) is 5.69 Å². The molecule has 0 bridgehead atoms. The number of aromatic nitrogens is 2. The van der Waals surface area contributed by atoms with Gasteiger partial charge in [-0.1, -0.05) is 24.3 Å². The number of aromatic hydroxyl groups is 1. The molecule has 3 aromatic rings. The van der Waals surface area contributed by atoms with E-state index in [-0.39, 0.29) is 11.2 Å². The Kier molecular flexibility index (Phi) is 3.60. The van der Waals surface area contributed by atoms with E-state index in [1.807, 2.05) is 0 Å². The second kappa shape index (κ2) is 5.72. The summed E-state index contributed by atoms with van der Waals surface area (Å²) in [5, 5.41) is 20.7. The van der Waals surface area contributed by atoms with E-state index in [0.717, 1.165) is 0 Å². The van der Waals surface area contributed by atoms with E-state index >= 15 is 0 Å².